The molecule has 0 bridgehead atoms. The molecular formula is C17H27N. The summed E-state index contributed by atoms with van der Waals surface area (Å²) in [5.74, 6) is 0. The molecule has 2 rings (SSSR count). The summed E-state index contributed by atoms with van der Waals surface area (Å²) >= 11 is 0. The zero-order chi connectivity index (χ0) is 13.6. The van der Waals surface area contributed by atoms with E-state index in [1.165, 1.54) is 36.1 Å². The zero-order valence-corrected chi connectivity index (χ0v) is 12.8. The van der Waals surface area contributed by atoms with Gasteiger partial charge in [0.1, 0.15) is 0 Å². The maximum atomic E-state index is 2.66. The summed E-state index contributed by atoms with van der Waals surface area (Å²) in [5, 5.41) is 0. The summed E-state index contributed by atoms with van der Waals surface area (Å²) in [7, 11) is 0. The fourth-order valence-electron chi connectivity index (χ4n) is 3.63. The molecule has 0 spiro atoms. The number of piperidine rings is 1. The van der Waals surface area contributed by atoms with Crippen LogP contribution in [-0.2, 0) is 0 Å². The van der Waals surface area contributed by atoms with Crippen molar-refractivity contribution in [3.63, 3.8) is 0 Å². The van der Waals surface area contributed by atoms with E-state index in [9.17, 15) is 0 Å². The van der Waals surface area contributed by atoms with Gasteiger partial charge in [-0.05, 0) is 78.0 Å². The lowest BCUT2D eigenvalue weighted by Crippen LogP contribution is -2.59. The van der Waals surface area contributed by atoms with Crippen molar-refractivity contribution in [2.75, 3.05) is 4.90 Å². The molecule has 1 nitrogen and oxygen atoms in total. The number of hydrogen-bond donors (Lipinski definition) is 0. The molecule has 1 aliphatic rings. The van der Waals surface area contributed by atoms with Crippen molar-refractivity contribution in [3.05, 3.63) is 29.3 Å². The third-order valence-corrected chi connectivity index (χ3v) is 4.60. The van der Waals surface area contributed by atoms with E-state index in [0.717, 1.165) is 0 Å². The molecule has 1 aliphatic heterocycles. The topological polar surface area (TPSA) is 3.24 Å². The maximum absolute atomic E-state index is 2.66. The standard InChI is InChI=1S/C17H27N/c1-13-9-7-10-15(14(13)2)18-16(3,4)11-8-12-17(18,5)6/h7,9-10H,8,11-12H2,1-6H3. The first-order chi connectivity index (χ1) is 8.26. The molecule has 1 heterocycles. The molecule has 0 aliphatic carbocycles. The van der Waals surface area contributed by atoms with Gasteiger partial charge in [-0.2, -0.15) is 0 Å². The number of rotatable bonds is 1. The zero-order valence-electron chi connectivity index (χ0n) is 12.8. The van der Waals surface area contributed by atoms with Crippen molar-refractivity contribution >= 4 is 5.69 Å². The minimum absolute atomic E-state index is 0.250. The number of anilines is 1. The van der Waals surface area contributed by atoms with Gasteiger partial charge in [0.15, 0.2) is 0 Å². The van der Waals surface area contributed by atoms with E-state index in [1.807, 2.05) is 0 Å². The Balaban J connectivity index is 2.54. The molecule has 0 atom stereocenters. The van der Waals surface area contributed by atoms with Gasteiger partial charge in [-0.1, -0.05) is 12.1 Å². The van der Waals surface area contributed by atoms with Crippen LogP contribution in [0.2, 0.25) is 0 Å². The third-order valence-electron chi connectivity index (χ3n) is 4.60. The highest BCUT2D eigenvalue weighted by Gasteiger charge is 2.41. The van der Waals surface area contributed by atoms with E-state index < -0.39 is 0 Å². The van der Waals surface area contributed by atoms with Gasteiger partial charge < -0.3 is 4.90 Å². The Bertz CT molecular complexity index is 427. The fraction of sp³-hybridized carbons (Fsp3) is 0.647. The second-order valence-electron chi connectivity index (χ2n) is 7.03. The van der Waals surface area contributed by atoms with Crippen molar-refractivity contribution in [3.8, 4) is 0 Å². The van der Waals surface area contributed by atoms with Gasteiger partial charge >= 0.3 is 0 Å². The number of hydrogen-bond acceptors (Lipinski definition) is 1. The van der Waals surface area contributed by atoms with Gasteiger partial charge in [0.05, 0.1) is 0 Å². The van der Waals surface area contributed by atoms with Crippen LogP contribution in [0.15, 0.2) is 18.2 Å². The molecule has 18 heavy (non-hydrogen) atoms. The Morgan fingerprint density at radius 2 is 1.50 bits per heavy atom. The van der Waals surface area contributed by atoms with Gasteiger partial charge in [0, 0.05) is 16.8 Å². The van der Waals surface area contributed by atoms with E-state index in [-0.39, 0.29) is 11.1 Å². The molecule has 0 N–H and O–H groups in total. The Morgan fingerprint density at radius 1 is 0.944 bits per heavy atom. The average molecular weight is 245 g/mol. The SMILES string of the molecule is Cc1cccc(N2C(C)(C)CCCC2(C)C)c1C. The summed E-state index contributed by atoms with van der Waals surface area (Å²) in [6.07, 6.45) is 3.90. The van der Waals surface area contributed by atoms with Crippen LogP contribution in [0.3, 0.4) is 0 Å². The van der Waals surface area contributed by atoms with Crippen molar-refractivity contribution in [2.45, 2.75) is 71.9 Å². The molecule has 0 unspecified atom stereocenters. The van der Waals surface area contributed by atoms with E-state index in [4.69, 9.17) is 0 Å². The Morgan fingerprint density at radius 3 is 2.06 bits per heavy atom. The summed E-state index contributed by atoms with van der Waals surface area (Å²) in [6.45, 7) is 14.0. The monoisotopic (exact) mass is 245 g/mol. The van der Waals surface area contributed by atoms with Crippen LogP contribution in [0, 0.1) is 13.8 Å². The van der Waals surface area contributed by atoms with E-state index >= 15 is 0 Å². The molecule has 0 aromatic heterocycles. The number of aryl methyl sites for hydroxylation is 1. The largest absolute Gasteiger partial charge is 0.361 e. The second-order valence-corrected chi connectivity index (χ2v) is 7.03. The molecule has 1 aromatic rings. The smallest absolute Gasteiger partial charge is 0.0407 e. The maximum Gasteiger partial charge on any atom is 0.0407 e. The molecule has 1 heteroatoms. The van der Waals surface area contributed by atoms with E-state index in [1.54, 1.807) is 0 Å². The minimum Gasteiger partial charge on any atom is -0.361 e. The lowest BCUT2D eigenvalue weighted by Gasteiger charge is -2.55. The Kier molecular flexibility index (Phi) is 3.21. The van der Waals surface area contributed by atoms with Gasteiger partial charge in [-0.15, -0.1) is 0 Å². The van der Waals surface area contributed by atoms with Crippen molar-refractivity contribution in [2.24, 2.45) is 0 Å². The van der Waals surface area contributed by atoms with Gasteiger partial charge in [0.2, 0.25) is 0 Å². The van der Waals surface area contributed by atoms with Crippen LogP contribution in [0.4, 0.5) is 5.69 Å². The predicted octanol–water partition coefficient (Wildman–Crippen LogP) is 4.85. The first-order valence-electron chi connectivity index (χ1n) is 7.12. The quantitative estimate of drug-likeness (QED) is 0.683. The van der Waals surface area contributed by atoms with Gasteiger partial charge in [0.25, 0.3) is 0 Å². The minimum atomic E-state index is 0.250. The fourth-order valence-corrected chi connectivity index (χ4v) is 3.63. The highest BCUT2D eigenvalue weighted by atomic mass is 15.3. The normalized spacial score (nSPS) is 22.0. The number of benzene rings is 1. The molecule has 1 aromatic carbocycles. The Hall–Kier alpha value is -0.980. The number of nitrogens with zero attached hydrogens (tertiary/aromatic N) is 1. The van der Waals surface area contributed by atoms with Crippen LogP contribution < -0.4 is 4.90 Å². The Labute approximate surface area is 112 Å². The highest BCUT2D eigenvalue weighted by Crippen LogP contribution is 2.43. The van der Waals surface area contributed by atoms with Crippen LogP contribution in [0.5, 0.6) is 0 Å². The molecule has 0 saturated carbocycles. The lowest BCUT2D eigenvalue weighted by atomic mass is 9.79. The van der Waals surface area contributed by atoms with E-state index in [0.29, 0.717) is 0 Å². The highest BCUT2D eigenvalue weighted by molar-refractivity contribution is 5.59. The average Bonchev–Trinajstić information content (AvgIpc) is 2.22. The van der Waals surface area contributed by atoms with Crippen LogP contribution in [0.1, 0.15) is 58.1 Å². The molecule has 1 fully saturated rings. The molecule has 0 amide bonds. The lowest BCUT2D eigenvalue weighted by molar-refractivity contribution is 0.244. The van der Waals surface area contributed by atoms with E-state index in [2.05, 4.69) is 64.6 Å². The van der Waals surface area contributed by atoms with Crippen molar-refractivity contribution in [1.82, 2.24) is 0 Å². The summed E-state index contributed by atoms with van der Waals surface area (Å²) < 4.78 is 0. The van der Waals surface area contributed by atoms with Gasteiger partial charge in [-0.25, -0.2) is 0 Å². The van der Waals surface area contributed by atoms with Gasteiger partial charge in [-0.3, -0.25) is 0 Å². The van der Waals surface area contributed by atoms with Crippen LogP contribution >= 0.6 is 0 Å². The predicted molar refractivity (Wildman–Crippen MR) is 80.4 cm³/mol. The summed E-state index contributed by atoms with van der Waals surface area (Å²) in [6, 6.07) is 6.69. The van der Waals surface area contributed by atoms with Crippen LogP contribution in [-0.4, -0.2) is 11.1 Å². The van der Waals surface area contributed by atoms with Crippen LogP contribution in [0.25, 0.3) is 0 Å². The summed E-state index contributed by atoms with van der Waals surface area (Å²) in [4.78, 5) is 2.66. The first kappa shape index (κ1) is 13.5. The molecular weight excluding hydrogens is 218 g/mol. The summed E-state index contributed by atoms with van der Waals surface area (Å²) in [5.41, 5.74) is 4.75. The molecule has 100 valence electrons. The van der Waals surface area contributed by atoms with Crippen molar-refractivity contribution in [1.29, 1.82) is 0 Å². The second kappa shape index (κ2) is 4.29. The van der Waals surface area contributed by atoms with Crippen molar-refractivity contribution < 1.29 is 0 Å². The molecule has 1 saturated heterocycles. The molecule has 0 radical (unpaired) electrons. The first-order valence-corrected chi connectivity index (χ1v) is 7.12. The third kappa shape index (κ3) is 2.15.